The van der Waals surface area contributed by atoms with Crippen LogP contribution in [0.1, 0.15) is 12.0 Å². The topological polar surface area (TPSA) is 66.6 Å². The molecule has 0 amide bonds. The number of nitro groups is 1. The second-order valence-electron chi connectivity index (χ2n) is 4.38. The summed E-state index contributed by atoms with van der Waals surface area (Å²) in [6.07, 6.45) is 1.22. The lowest BCUT2D eigenvalue weighted by atomic mass is 10.1. The molecule has 1 saturated heterocycles. The maximum absolute atomic E-state index is 10.8. The summed E-state index contributed by atoms with van der Waals surface area (Å²) in [7, 11) is 0. The van der Waals surface area contributed by atoms with Crippen molar-refractivity contribution in [2.24, 2.45) is 0 Å². The SMILES string of the molecule is O=[N+]([O-])c1ccccc1CCN1CC[C@@H](O)C1. The first-order valence-corrected chi connectivity index (χ1v) is 5.79. The van der Waals surface area contributed by atoms with Gasteiger partial charge in [-0.05, 0) is 12.8 Å². The Morgan fingerprint density at radius 2 is 2.24 bits per heavy atom. The highest BCUT2D eigenvalue weighted by atomic mass is 16.6. The number of nitrogens with zero attached hydrogens (tertiary/aromatic N) is 2. The van der Waals surface area contributed by atoms with Crippen molar-refractivity contribution in [1.82, 2.24) is 4.90 Å². The van der Waals surface area contributed by atoms with Crippen molar-refractivity contribution in [3.8, 4) is 0 Å². The Balaban J connectivity index is 1.97. The number of aliphatic hydroxyl groups is 1. The van der Waals surface area contributed by atoms with Crippen LogP contribution >= 0.6 is 0 Å². The zero-order valence-corrected chi connectivity index (χ0v) is 9.58. The van der Waals surface area contributed by atoms with E-state index in [0.717, 1.165) is 25.1 Å². The summed E-state index contributed by atoms with van der Waals surface area (Å²) in [5, 5.41) is 20.2. The molecule has 2 rings (SSSR count). The maximum Gasteiger partial charge on any atom is 0.272 e. The largest absolute Gasteiger partial charge is 0.392 e. The van der Waals surface area contributed by atoms with E-state index in [1.807, 2.05) is 6.07 Å². The van der Waals surface area contributed by atoms with Crippen LogP contribution in [-0.4, -0.2) is 40.7 Å². The highest BCUT2D eigenvalue weighted by molar-refractivity contribution is 5.39. The zero-order valence-electron chi connectivity index (χ0n) is 9.58. The second-order valence-corrected chi connectivity index (χ2v) is 4.38. The molecule has 1 aliphatic rings. The third-order valence-electron chi connectivity index (χ3n) is 3.13. The van der Waals surface area contributed by atoms with Gasteiger partial charge in [0.1, 0.15) is 0 Å². The van der Waals surface area contributed by atoms with Gasteiger partial charge in [0.05, 0.1) is 11.0 Å². The van der Waals surface area contributed by atoms with Crippen LogP contribution < -0.4 is 0 Å². The van der Waals surface area contributed by atoms with Gasteiger partial charge in [0.15, 0.2) is 0 Å². The Morgan fingerprint density at radius 3 is 2.88 bits per heavy atom. The molecule has 0 spiro atoms. The highest BCUT2D eigenvalue weighted by Crippen LogP contribution is 2.19. The Hall–Kier alpha value is -1.46. The van der Waals surface area contributed by atoms with Gasteiger partial charge in [0, 0.05) is 31.3 Å². The first-order valence-electron chi connectivity index (χ1n) is 5.79. The molecule has 1 aliphatic heterocycles. The average Bonchev–Trinajstić information content (AvgIpc) is 2.73. The summed E-state index contributed by atoms with van der Waals surface area (Å²) in [6.45, 7) is 2.32. The first-order chi connectivity index (χ1) is 8.16. The third-order valence-corrected chi connectivity index (χ3v) is 3.13. The van der Waals surface area contributed by atoms with E-state index in [9.17, 15) is 15.2 Å². The lowest BCUT2D eigenvalue weighted by molar-refractivity contribution is -0.385. The molecule has 1 atom stereocenters. The number of hydrogen-bond donors (Lipinski definition) is 1. The second kappa shape index (κ2) is 5.25. The van der Waals surface area contributed by atoms with Gasteiger partial charge in [-0.2, -0.15) is 0 Å². The van der Waals surface area contributed by atoms with Gasteiger partial charge in [-0.25, -0.2) is 0 Å². The van der Waals surface area contributed by atoms with Gasteiger partial charge >= 0.3 is 0 Å². The molecule has 92 valence electrons. The molecule has 1 aromatic carbocycles. The number of nitro benzene ring substituents is 1. The van der Waals surface area contributed by atoms with Crippen LogP contribution in [0.4, 0.5) is 5.69 Å². The lowest BCUT2D eigenvalue weighted by Crippen LogP contribution is -2.24. The number of para-hydroxylation sites is 1. The van der Waals surface area contributed by atoms with Crippen LogP contribution in [0.25, 0.3) is 0 Å². The molecular weight excluding hydrogens is 220 g/mol. The molecule has 5 heteroatoms. The van der Waals surface area contributed by atoms with Gasteiger partial charge in [0.25, 0.3) is 5.69 Å². The number of rotatable bonds is 4. The summed E-state index contributed by atoms with van der Waals surface area (Å²) in [6, 6.07) is 6.83. The van der Waals surface area contributed by atoms with Crippen molar-refractivity contribution < 1.29 is 10.0 Å². The summed E-state index contributed by atoms with van der Waals surface area (Å²) >= 11 is 0. The van der Waals surface area contributed by atoms with Crippen LogP contribution in [0.15, 0.2) is 24.3 Å². The van der Waals surface area contributed by atoms with E-state index in [-0.39, 0.29) is 16.7 Å². The van der Waals surface area contributed by atoms with E-state index in [4.69, 9.17) is 0 Å². The van der Waals surface area contributed by atoms with Crippen LogP contribution in [0.5, 0.6) is 0 Å². The number of likely N-dealkylation sites (tertiary alicyclic amines) is 1. The van der Waals surface area contributed by atoms with E-state index < -0.39 is 0 Å². The van der Waals surface area contributed by atoms with Crippen molar-refractivity contribution in [2.45, 2.75) is 18.9 Å². The molecule has 0 unspecified atom stereocenters. The normalized spacial score (nSPS) is 20.6. The van der Waals surface area contributed by atoms with E-state index >= 15 is 0 Å². The molecular formula is C12H16N2O3. The van der Waals surface area contributed by atoms with Crippen molar-refractivity contribution >= 4 is 5.69 Å². The van der Waals surface area contributed by atoms with E-state index in [1.165, 1.54) is 6.07 Å². The molecule has 17 heavy (non-hydrogen) atoms. The fourth-order valence-electron chi connectivity index (χ4n) is 2.19. The van der Waals surface area contributed by atoms with Crippen LogP contribution in [0.3, 0.4) is 0 Å². The van der Waals surface area contributed by atoms with Gasteiger partial charge in [-0.15, -0.1) is 0 Å². The molecule has 0 saturated carbocycles. The standard InChI is InChI=1S/C12H16N2O3/c15-11-6-8-13(9-11)7-5-10-3-1-2-4-12(10)14(16)17/h1-4,11,15H,5-9H2/t11-/m1/s1. The molecule has 0 aliphatic carbocycles. The van der Waals surface area contributed by atoms with Crippen molar-refractivity contribution in [2.75, 3.05) is 19.6 Å². The van der Waals surface area contributed by atoms with Crippen molar-refractivity contribution in [3.63, 3.8) is 0 Å². The molecule has 0 aromatic heterocycles. The average molecular weight is 236 g/mol. The maximum atomic E-state index is 10.8. The highest BCUT2D eigenvalue weighted by Gasteiger charge is 2.20. The molecule has 1 heterocycles. The molecule has 1 N–H and O–H groups in total. The smallest absolute Gasteiger partial charge is 0.272 e. The monoisotopic (exact) mass is 236 g/mol. The van der Waals surface area contributed by atoms with Gasteiger partial charge in [0.2, 0.25) is 0 Å². The molecule has 0 bridgehead atoms. The predicted octanol–water partition coefficient (Wildman–Crippen LogP) is 1.20. The van der Waals surface area contributed by atoms with Crippen molar-refractivity contribution in [1.29, 1.82) is 0 Å². The number of hydrogen-bond acceptors (Lipinski definition) is 4. The quantitative estimate of drug-likeness (QED) is 0.630. The first kappa shape index (κ1) is 12.0. The summed E-state index contributed by atoms with van der Waals surface area (Å²) in [5.41, 5.74) is 0.950. The fraction of sp³-hybridized carbons (Fsp3) is 0.500. The molecule has 5 nitrogen and oxygen atoms in total. The minimum Gasteiger partial charge on any atom is -0.392 e. The van der Waals surface area contributed by atoms with Gasteiger partial charge in [-0.3, -0.25) is 10.1 Å². The molecule has 0 radical (unpaired) electrons. The Morgan fingerprint density at radius 1 is 1.47 bits per heavy atom. The van der Waals surface area contributed by atoms with E-state index in [1.54, 1.807) is 12.1 Å². The van der Waals surface area contributed by atoms with Gasteiger partial charge in [-0.1, -0.05) is 18.2 Å². The third kappa shape index (κ3) is 3.01. The minimum atomic E-state index is -0.339. The predicted molar refractivity (Wildman–Crippen MR) is 63.9 cm³/mol. The number of benzene rings is 1. The van der Waals surface area contributed by atoms with Crippen molar-refractivity contribution in [3.05, 3.63) is 39.9 Å². The van der Waals surface area contributed by atoms with Crippen LogP contribution in [0.2, 0.25) is 0 Å². The summed E-state index contributed by atoms with van der Waals surface area (Å²) in [4.78, 5) is 12.6. The van der Waals surface area contributed by atoms with Gasteiger partial charge < -0.3 is 10.0 Å². The fourth-order valence-corrected chi connectivity index (χ4v) is 2.19. The lowest BCUT2D eigenvalue weighted by Gasteiger charge is -2.14. The zero-order chi connectivity index (χ0) is 12.3. The molecule has 1 fully saturated rings. The Labute approximate surface area is 99.8 Å². The number of β-amino-alcohol motifs (C(OH)–C–C–N with tert-alkyl or cyclic N) is 1. The van der Waals surface area contributed by atoms with E-state index in [0.29, 0.717) is 13.0 Å². The number of aliphatic hydroxyl groups excluding tert-OH is 1. The van der Waals surface area contributed by atoms with Crippen LogP contribution in [0, 0.1) is 10.1 Å². The summed E-state index contributed by atoms with van der Waals surface area (Å²) in [5.74, 6) is 0. The van der Waals surface area contributed by atoms with E-state index in [2.05, 4.69) is 4.90 Å². The Bertz CT molecular complexity index is 408. The summed E-state index contributed by atoms with van der Waals surface area (Å²) < 4.78 is 0. The minimum absolute atomic E-state index is 0.187. The Kier molecular flexibility index (Phi) is 3.71. The molecule has 1 aromatic rings. The van der Waals surface area contributed by atoms with Crippen LogP contribution in [-0.2, 0) is 6.42 Å².